The molecule has 13 nitrogen and oxygen atoms in total. The van der Waals surface area contributed by atoms with E-state index in [2.05, 4.69) is 12.2 Å². The number of esters is 1. The molecule has 4 heterocycles. The summed E-state index contributed by atoms with van der Waals surface area (Å²) in [6.45, 7) is 4.49. The highest BCUT2D eigenvalue weighted by Crippen LogP contribution is 2.69. The van der Waals surface area contributed by atoms with Crippen LogP contribution in [-0.2, 0) is 20.7 Å². The number of carbonyl (C=O) groups is 1. The monoisotopic (exact) mass is 955 g/mol. The fourth-order valence-corrected chi connectivity index (χ4v) is 19.0. The van der Waals surface area contributed by atoms with Crippen LogP contribution in [-0.4, -0.2) is 121 Å². The molecule has 10 rings (SSSR count). The highest BCUT2D eigenvalue weighted by atomic mass is 33.1. The van der Waals surface area contributed by atoms with Crippen LogP contribution in [0.5, 0.6) is 11.5 Å². The van der Waals surface area contributed by atoms with E-state index in [-0.39, 0.29) is 72.4 Å². The number of ether oxygens (including phenoxy) is 4. The van der Waals surface area contributed by atoms with Crippen LogP contribution >= 0.6 is 21.6 Å². The molecule has 6 fully saturated rings. The summed E-state index contributed by atoms with van der Waals surface area (Å²) in [5.74, 6) is -2.27. The summed E-state index contributed by atoms with van der Waals surface area (Å²) < 4.78 is 32.4. The van der Waals surface area contributed by atoms with Crippen molar-refractivity contribution in [3.05, 3.63) is 36.1 Å². The van der Waals surface area contributed by atoms with Crippen LogP contribution in [0.15, 0.2) is 35.0 Å². The summed E-state index contributed by atoms with van der Waals surface area (Å²) in [6.07, 6.45) is 14.9. The van der Waals surface area contributed by atoms with E-state index in [1.165, 1.54) is 44.9 Å². The number of furan rings is 1. The van der Waals surface area contributed by atoms with Gasteiger partial charge in [-0.1, -0.05) is 66.3 Å². The number of aliphatic hydroxyl groups excluding tert-OH is 4. The molecule has 4 spiro atoms. The summed E-state index contributed by atoms with van der Waals surface area (Å²) in [6, 6.07) is 3.79. The summed E-state index contributed by atoms with van der Waals surface area (Å²) in [4.78, 5) is 12.9. The van der Waals surface area contributed by atoms with Crippen molar-refractivity contribution in [1.82, 2.24) is 5.32 Å². The Kier molecular flexibility index (Phi) is 13.2. The van der Waals surface area contributed by atoms with Gasteiger partial charge in [-0.05, 0) is 131 Å². The summed E-state index contributed by atoms with van der Waals surface area (Å²) in [5, 5.41) is 79.9. The van der Waals surface area contributed by atoms with E-state index in [0.29, 0.717) is 40.8 Å². The van der Waals surface area contributed by atoms with Gasteiger partial charge in [-0.3, -0.25) is 4.79 Å². The maximum atomic E-state index is 13.5. The third-order valence-electron chi connectivity index (χ3n) is 18.3. The first kappa shape index (κ1) is 47.6. The summed E-state index contributed by atoms with van der Waals surface area (Å²) in [5.41, 5.74) is -4.89. The molecular weight excluding hydrogens is 883 g/mol. The number of aliphatic hydroxyl groups is 6. The second-order valence-electron chi connectivity index (χ2n) is 22.1. The van der Waals surface area contributed by atoms with Gasteiger partial charge in [0.15, 0.2) is 16.9 Å². The smallest absolute Gasteiger partial charge is 0.306 e. The lowest BCUT2D eigenvalue weighted by Crippen LogP contribution is -2.86. The van der Waals surface area contributed by atoms with Gasteiger partial charge in [-0.15, -0.1) is 0 Å². The minimum atomic E-state index is -2.44. The molecule has 14 atom stereocenters. The van der Waals surface area contributed by atoms with Crippen LogP contribution in [0.3, 0.4) is 0 Å². The molecule has 2 saturated heterocycles. The lowest BCUT2D eigenvalue weighted by atomic mass is 9.50. The first-order valence-corrected chi connectivity index (χ1v) is 27.5. The Morgan fingerprint density at radius 3 is 2.56 bits per heavy atom. The summed E-state index contributed by atoms with van der Waals surface area (Å²) in [7, 11) is 3.45. The van der Waals surface area contributed by atoms with Gasteiger partial charge in [0.05, 0.1) is 25.1 Å². The van der Waals surface area contributed by atoms with Crippen molar-refractivity contribution in [2.24, 2.45) is 34.5 Å². The van der Waals surface area contributed by atoms with Gasteiger partial charge >= 0.3 is 5.97 Å². The van der Waals surface area contributed by atoms with Crippen LogP contribution in [0.25, 0.3) is 11.0 Å². The number of hydrogen-bond acceptors (Lipinski definition) is 15. The average Bonchev–Trinajstić information content (AvgIpc) is 4.11. The van der Waals surface area contributed by atoms with E-state index >= 15 is 0 Å². The Morgan fingerprint density at radius 1 is 0.955 bits per heavy atom. The molecule has 8 aliphatic rings. The van der Waals surface area contributed by atoms with E-state index in [1.54, 1.807) is 36.1 Å². The Morgan fingerprint density at radius 2 is 1.76 bits per heavy atom. The maximum absolute atomic E-state index is 13.5. The summed E-state index contributed by atoms with van der Waals surface area (Å²) >= 11 is 0. The molecule has 5 bridgehead atoms. The third kappa shape index (κ3) is 7.87. The Bertz CT molecular complexity index is 2110. The second-order valence-corrected chi connectivity index (χ2v) is 24.8. The molecule has 366 valence electrons. The quantitative estimate of drug-likeness (QED) is 0.0943. The maximum Gasteiger partial charge on any atom is 0.306 e. The zero-order valence-corrected chi connectivity index (χ0v) is 40.4. The van der Waals surface area contributed by atoms with E-state index in [9.17, 15) is 35.4 Å². The molecule has 7 N–H and O–H groups in total. The number of hydrogen-bond donors (Lipinski definition) is 7. The number of rotatable bonds is 5. The number of aryl methyl sites for hydroxylation is 1. The molecule has 4 saturated carbocycles. The highest BCUT2D eigenvalue weighted by Gasteiger charge is 2.78. The fraction of sp³-hybridized carbons (Fsp3) is 0.784. The first-order chi connectivity index (χ1) is 31.7. The standard InChI is InChI=1S/C51H73NO12S2/c1-3-60-39(56)14-11-32-25-33-15-23-61-41(33)43-42(32)63-45-51(59)40-34(10-12-36(54)35(40)27-53)26-49(58,44(51)57)50(64-45)30-65-66-48(21-20-47(29-48)19-18-46(28-47)16-4-5-17-46)37(52-22-24-62-43)13-9-31(2)7-6-8-38(50)55/h10,12,15,23,25,31,34-38,40,44-45,52-55,57-59H,3-9,11,13-14,16-22,24,26-30H2,1-2H3/t31-,34+,35-,36-,37-,38+,40+,44+,45-,47-,48-,49+,50-,51-/m1/s1. The largest absolute Gasteiger partial charge is 0.485 e. The lowest BCUT2D eigenvalue weighted by Gasteiger charge is -2.67. The van der Waals surface area contributed by atoms with Gasteiger partial charge < -0.3 is 59.3 Å². The number of allylic oxidation sites excluding steroid dienone is 1. The molecule has 5 aliphatic carbocycles. The van der Waals surface area contributed by atoms with Gasteiger partial charge in [0.1, 0.15) is 23.9 Å². The van der Waals surface area contributed by atoms with Gasteiger partial charge in [0.25, 0.3) is 0 Å². The molecule has 66 heavy (non-hydrogen) atoms. The molecule has 2 aromatic rings. The van der Waals surface area contributed by atoms with Crippen molar-refractivity contribution in [2.45, 2.75) is 182 Å². The van der Waals surface area contributed by atoms with E-state index in [0.717, 1.165) is 38.5 Å². The van der Waals surface area contributed by atoms with Crippen LogP contribution in [0.1, 0.15) is 129 Å². The van der Waals surface area contributed by atoms with Crippen molar-refractivity contribution in [1.29, 1.82) is 0 Å². The van der Waals surface area contributed by atoms with Crippen molar-refractivity contribution in [3.63, 3.8) is 0 Å². The second kappa shape index (κ2) is 18.3. The van der Waals surface area contributed by atoms with Crippen molar-refractivity contribution in [2.75, 3.05) is 32.1 Å². The molecule has 3 aliphatic heterocycles. The molecular formula is C51H73NO12S2. The predicted octanol–water partition coefficient (Wildman–Crippen LogP) is 6.75. The minimum Gasteiger partial charge on any atom is -0.485 e. The topological polar surface area (TPSA) is 201 Å². The highest BCUT2D eigenvalue weighted by molar-refractivity contribution is 8.77. The van der Waals surface area contributed by atoms with Crippen molar-refractivity contribution < 1.29 is 58.8 Å². The average molecular weight is 956 g/mol. The number of benzene rings is 1. The van der Waals surface area contributed by atoms with E-state index in [1.807, 2.05) is 22.9 Å². The van der Waals surface area contributed by atoms with Crippen LogP contribution in [0, 0.1) is 34.5 Å². The van der Waals surface area contributed by atoms with Gasteiger partial charge in [-0.2, -0.15) is 0 Å². The minimum absolute atomic E-state index is 0.00229. The third-order valence-corrected chi connectivity index (χ3v) is 21.6. The fourth-order valence-electron chi connectivity index (χ4n) is 14.9. The number of fused-ring (bicyclic) bond motifs is 11. The van der Waals surface area contributed by atoms with Gasteiger partial charge in [0.2, 0.25) is 12.0 Å². The molecule has 1 aromatic carbocycles. The van der Waals surface area contributed by atoms with E-state index < -0.39 is 71.7 Å². The zero-order valence-electron chi connectivity index (χ0n) is 38.8. The SMILES string of the molecule is CCOC(=O)CCc1cc2ccoc2c2c1O[C@@H]1O[C@@]3(CSS[C@@]4(CC[C@@]5(CCC6(CCCC6)C5)C4)[C@@H](CC[C@H](C)CCC[C@@H]3O)NCCO2)[C@]2(O)C[C@@H]3C=C[C@@H](O)[C@@H](CO)[C@H]3[C@@]1(O)[C@H]2O. The van der Waals surface area contributed by atoms with Crippen molar-refractivity contribution in [3.8, 4) is 11.5 Å². The van der Waals surface area contributed by atoms with E-state index in [4.69, 9.17) is 23.4 Å². The lowest BCUT2D eigenvalue weighted by molar-refractivity contribution is -0.424. The van der Waals surface area contributed by atoms with Gasteiger partial charge in [0, 0.05) is 53.3 Å². The Labute approximate surface area is 396 Å². The van der Waals surface area contributed by atoms with Crippen LogP contribution in [0.4, 0.5) is 0 Å². The van der Waals surface area contributed by atoms with Crippen LogP contribution in [0.2, 0.25) is 0 Å². The Balaban J connectivity index is 1.14. The molecule has 0 unspecified atom stereocenters. The normalized spacial score (nSPS) is 43.4. The molecule has 0 amide bonds. The van der Waals surface area contributed by atoms with Gasteiger partial charge in [-0.25, -0.2) is 0 Å². The zero-order chi connectivity index (χ0) is 46.1. The number of carbonyl (C=O) groups excluding carboxylic acids is 1. The molecule has 1 aromatic heterocycles. The first-order valence-electron chi connectivity index (χ1n) is 25.2. The Hall–Kier alpha value is -2.05. The van der Waals surface area contributed by atoms with Crippen molar-refractivity contribution >= 4 is 38.5 Å². The molecule has 15 heteroatoms. The number of nitrogens with one attached hydrogen (secondary N) is 1. The van der Waals surface area contributed by atoms with Crippen LogP contribution < -0.4 is 14.8 Å². The predicted molar refractivity (Wildman–Crippen MR) is 252 cm³/mol. The molecule has 0 radical (unpaired) electrons.